The summed E-state index contributed by atoms with van der Waals surface area (Å²) < 4.78 is 1.43. The minimum atomic E-state index is -1.23. The van der Waals surface area contributed by atoms with Crippen molar-refractivity contribution in [3.05, 3.63) is 63.8 Å². The summed E-state index contributed by atoms with van der Waals surface area (Å²) in [4.78, 5) is 31.3. The zero-order valence-corrected chi connectivity index (χ0v) is 12.5. The molecule has 116 valence electrons. The number of rotatable bonds is 3. The van der Waals surface area contributed by atoms with E-state index in [4.69, 9.17) is 16.7 Å². The maximum Gasteiger partial charge on any atom is 0.409 e. The van der Waals surface area contributed by atoms with Crippen molar-refractivity contribution in [2.45, 2.75) is 6.54 Å². The lowest BCUT2D eigenvalue weighted by Gasteiger charge is -2.07. The summed E-state index contributed by atoms with van der Waals surface area (Å²) in [7, 11) is 0. The van der Waals surface area contributed by atoms with Crippen LogP contribution in [0.15, 0.2) is 47.7 Å². The van der Waals surface area contributed by atoms with Crippen molar-refractivity contribution in [2.24, 2.45) is 0 Å². The summed E-state index contributed by atoms with van der Waals surface area (Å²) in [5.74, 6) is 0. The van der Waals surface area contributed by atoms with E-state index in [1.54, 1.807) is 12.1 Å². The van der Waals surface area contributed by atoms with Gasteiger partial charge < -0.3 is 5.11 Å². The van der Waals surface area contributed by atoms with E-state index < -0.39 is 6.09 Å². The molecule has 0 radical (unpaired) electrons. The van der Waals surface area contributed by atoms with Gasteiger partial charge in [-0.3, -0.25) is 14.7 Å². The molecule has 2 N–H and O–H groups in total. The van der Waals surface area contributed by atoms with Crippen LogP contribution in [0.3, 0.4) is 0 Å². The predicted molar refractivity (Wildman–Crippen MR) is 86.0 cm³/mol. The number of carbonyl (C=O) groups is 1. The van der Waals surface area contributed by atoms with E-state index in [-0.39, 0.29) is 22.3 Å². The maximum absolute atomic E-state index is 12.5. The molecule has 7 nitrogen and oxygen atoms in total. The predicted octanol–water partition coefficient (Wildman–Crippen LogP) is 2.58. The molecule has 0 fully saturated rings. The third kappa shape index (κ3) is 3.29. The molecule has 0 atom stereocenters. The Kier molecular flexibility index (Phi) is 3.94. The van der Waals surface area contributed by atoms with E-state index in [1.165, 1.54) is 23.2 Å². The molecule has 0 aliphatic rings. The Morgan fingerprint density at radius 2 is 2.00 bits per heavy atom. The van der Waals surface area contributed by atoms with E-state index >= 15 is 0 Å². The third-order valence-corrected chi connectivity index (χ3v) is 3.45. The molecule has 0 spiro atoms. The zero-order chi connectivity index (χ0) is 16.4. The second-order valence-electron chi connectivity index (χ2n) is 4.83. The summed E-state index contributed by atoms with van der Waals surface area (Å²) in [6, 6.07) is 8.54. The van der Waals surface area contributed by atoms with Gasteiger partial charge in [0.2, 0.25) is 0 Å². The van der Waals surface area contributed by atoms with E-state index in [9.17, 15) is 9.59 Å². The number of amides is 1. The van der Waals surface area contributed by atoms with Gasteiger partial charge in [-0.2, -0.15) is 0 Å². The Morgan fingerprint density at radius 3 is 2.70 bits per heavy atom. The zero-order valence-electron chi connectivity index (χ0n) is 11.7. The standard InChI is InChI=1S/C15H11ClN4O3/c16-10-3-1-9(2-4-10)7-20-8-18-13-12(14(20)21)5-11(6-17-13)19-15(22)23/h1-6,8,19H,7H2,(H,22,23). The van der Waals surface area contributed by atoms with Gasteiger partial charge >= 0.3 is 6.09 Å². The Balaban J connectivity index is 2.01. The highest BCUT2D eigenvalue weighted by Crippen LogP contribution is 2.13. The first kappa shape index (κ1) is 15.0. The molecule has 2 aromatic heterocycles. The first-order chi connectivity index (χ1) is 11.0. The van der Waals surface area contributed by atoms with Gasteiger partial charge in [0.25, 0.3) is 5.56 Å². The normalized spacial score (nSPS) is 10.7. The van der Waals surface area contributed by atoms with Gasteiger partial charge in [0.05, 0.1) is 23.8 Å². The minimum absolute atomic E-state index is 0.216. The molecule has 3 rings (SSSR count). The monoisotopic (exact) mass is 330 g/mol. The van der Waals surface area contributed by atoms with E-state index in [2.05, 4.69) is 15.3 Å². The van der Waals surface area contributed by atoms with Gasteiger partial charge in [0, 0.05) is 5.02 Å². The second kappa shape index (κ2) is 6.05. The van der Waals surface area contributed by atoms with Crippen LogP contribution in [-0.2, 0) is 6.54 Å². The average molecular weight is 331 g/mol. The average Bonchev–Trinajstić information content (AvgIpc) is 2.52. The molecule has 2 heterocycles. The van der Waals surface area contributed by atoms with Gasteiger partial charge in [0.1, 0.15) is 6.33 Å². The van der Waals surface area contributed by atoms with Crippen LogP contribution < -0.4 is 10.9 Å². The number of aromatic nitrogens is 3. The van der Waals surface area contributed by atoms with Crippen molar-refractivity contribution in [2.75, 3.05) is 5.32 Å². The molecular weight excluding hydrogens is 320 g/mol. The van der Waals surface area contributed by atoms with Crippen LogP contribution in [0.1, 0.15) is 5.56 Å². The molecular formula is C15H11ClN4O3. The van der Waals surface area contributed by atoms with Crippen LogP contribution in [0.25, 0.3) is 11.0 Å². The number of hydrogen-bond donors (Lipinski definition) is 2. The fourth-order valence-electron chi connectivity index (χ4n) is 2.14. The minimum Gasteiger partial charge on any atom is -0.465 e. The number of nitrogens with one attached hydrogen (secondary N) is 1. The van der Waals surface area contributed by atoms with Crippen molar-refractivity contribution < 1.29 is 9.90 Å². The Morgan fingerprint density at radius 1 is 1.26 bits per heavy atom. The van der Waals surface area contributed by atoms with Crippen LogP contribution in [0.4, 0.5) is 10.5 Å². The summed E-state index contributed by atoms with van der Waals surface area (Å²) in [5.41, 5.74) is 1.07. The number of carboxylic acid groups (broad SMARTS) is 1. The number of benzene rings is 1. The molecule has 0 saturated carbocycles. The van der Waals surface area contributed by atoms with Crippen LogP contribution in [0.5, 0.6) is 0 Å². The number of hydrogen-bond acceptors (Lipinski definition) is 4. The van der Waals surface area contributed by atoms with Gasteiger partial charge in [0.15, 0.2) is 5.65 Å². The number of anilines is 1. The van der Waals surface area contributed by atoms with Crippen molar-refractivity contribution >= 4 is 34.4 Å². The molecule has 1 aromatic carbocycles. The Labute approximate surface area is 135 Å². The molecule has 23 heavy (non-hydrogen) atoms. The van der Waals surface area contributed by atoms with Crippen molar-refractivity contribution in [1.82, 2.24) is 14.5 Å². The summed E-state index contributed by atoms with van der Waals surface area (Å²) in [5, 5.41) is 11.8. The fraction of sp³-hybridized carbons (Fsp3) is 0.0667. The maximum atomic E-state index is 12.5. The van der Waals surface area contributed by atoms with Crippen molar-refractivity contribution in [3.8, 4) is 0 Å². The highest BCUT2D eigenvalue weighted by atomic mass is 35.5. The van der Waals surface area contributed by atoms with Crippen LogP contribution in [0.2, 0.25) is 5.02 Å². The molecule has 0 bridgehead atoms. The third-order valence-electron chi connectivity index (χ3n) is 3.19. The first-order valence-electron chi connectivity index (χ1n) is 6.62. The number of pyridine rings is 1. The van der Waals surface area contributed by atoms with Gasteiger partial charge in [-0.15, -0.1) is 0 Å². The largest absolute Gasteiger partial charge is 0.465 e. The van der Waals surface area contributed by atoms with Crippen LogP contribution >= 0.6 is 11.6 Å². The van der Waals surface area contributed by atoms with Crippen molar-refractivity contribution in [3.63, 3.8) is 0 Å². The topological polar surface area (TPSA) is 97.1 Å². The number of fused-ring (bicyclic) bond motifs is 1. The highest BCUT2D eigenvalue weighted by molar-refractivity contribution is 6.30. The molecule has 0 unspecified atom stereocenters. The van der Waals surface area contributed by atoms with Gasteiger partial charge in [-0.05, 0) is 23.8 Å². The van der Waals surface area contributed by atoms with E-state index in [0.717, 1.165) is 5.56 Å². The number of nitrogens with zero attached hydrogens (tertiary/aromatic N) is 3. The quantitative estimate of drug-likeness (QED) is 0.769. The second-order valence-corrected chi connectivity index (χ2v) is 5.27. The summed E-state index contributed by atoms with van der Waals surface area (Å²) >= 11 is 5.84. The van der Waals surface area contributed by atoms with Crippen LogP contribution in [0, 0.1) is 0 Å². The van der Waals surface area contributed by atoms with Crippen LogP contribution in [-0.4, -0.2) is 25.7 Å². The molecule has 1 amide bonds. The van der Waals surface area contributed by atoms with Gasteiger partial charge in [-0.1, -0.05) is 23.7 Å². The molecule has 0 aliphatic carbocycles. The molecule has 0 aliphatic heterocycles. The molecule has 3 aromatic rings. The first-order valence-corrected chi connectivity index (χ1v) is 7.00. The van der Waals surface area contributed by atoms with E-state index in [0.29, 0.717) is 11.6 Å². The lowest BCUT2D eigenvalue weighted by molar-refractivity contribution is 0.209. The number of halogens is 1. The summed E-state index contributed by atoms with van der Waals surface area (Å²) in [6.07, 6.45) is 1.50. The van der Waals surface area contributed by atoms with E-state index in [1.807, 2.05) is 12.1 Å². The smallest absolute Gasteiger partial charge is 0.409 e. The summed E-state index contributed by atoms with van der Waals surface area (Å²) in [6.45, 7) is 0.329. The lowest BCUT2D eigenvalue weighted by atomic mass is 10.2. The highest BCUT2D eigenvalue weighted by Gasteiger charge is 2.08. The molecule has 0 saturated heterocycles. The SMILES string of the molecule is O=C(O)Nc1cnc2ncn(Cc3ccc(Cl)cc3)c(=O)c2c1. The van der Waals surface area contributed by atoms with Gasteiger partial charge in [-0.25, -0.2) is 14.8 Å². The lowest BCUT2D eigenvalue weighted by Crippen LogP contribution is -2.21. The van der Waals surface area contributed by atoms with Crippen molar-refractivity contribution in [1.29, 1.82) is 0 Å². The molecule has 8 heteroatoms. The fourth-order valence-corrected chi connectivity index (χ4v) is 2.27. The Hall–Kier alpha value is -2.93. The Bertz CT molecular complexity index is 938.